The van der Waals surface area contributed by atoms with Crippen molar-refractivity contribution in [3.05, 3.63) is 52.8 Å². The smallest absolute Gasteiger partial charge is 0.101 e. The van der Waals surface area contributed by atoms with E-state index in [-0.39, 0.29) is 0 Å². The summed E-state index contributed by atoms with van der Waals surface area (Å²) >= 11 is 3.42. The predicted molar refractivity (Wildman–Crippen MR) is 58.2 cm³/mol. The van der Waals surface area contributed by atoms with Gasteiger partial charge in [0.25, 0.3) is 0 Å². The fourth-order valence-electron chi connectivity index (χ4n) is 1.33. The first kappa shape index (κ1) is 9.04. The summed E-state index contributed by atoms with van der Waals surface area (Å²) in [6.45, 7) is 0. The summed E-state index contributed by atoms with van der Waals surface area (Å²) in [7, 11) is 0. The summed E-state index contributed by atoms with van der Waals surface area (Å²) in [5, 5.41) is 8.93. The van der Waals surface area contributed by atoms with Crippen LogP contribution in [0.5, 0.6) is 0 Å². The lowest BCUT2D eigenvalue weighted by Gasteiger charge is -2.06. The largest absolute Gasteiger partial charge is 0.310 e. The molecule has 0 N–H and O–H groups in total. The molecule has 0 bridgehead atoms. The Morgan fingerprint density at radius 2 is 1.93 bits per heavy atom. The third-order valence-corrected chi connectivity index (χ3v) is 2.63. The highest BCUT2D eigenvalue weighted by atomic mass is 79.9. The fraction of sp³-hybridized carbons (Fsp3) is 0. The Morgan fingerprint density at radius 1 is 1.14 bits per heavy atom. The van der Waals surface area contributed by atoms with Crippen LogP contribution in [0.3, 0.4) is 0 Å². The van der Waals surface area contributed by atoms with E-state index >= 15 is 0 Å². The topological polar surface area (TPSA) is 28.7 Å². The van der Waals surface area contributed by atoms with Crippen LogP contribution in [0.2, 0.25) is 0 Å². The average molecular weight is 247 g/mol. The molecule has 0 aliphatic heterocycles. The molecule has 3 heteroatoms. The molecule has 0 fully saturated rings. The minimum Gasteiger partial charge on any atom is -0.310 e. The quantitative estimate of drug-likeness (QED) is 0.761. The summed E-state index contributed by atoms with van der Waals surface area (Å²) in [5.41, 5.74) is 1.57. The van der Waals surface area contributed by atoms with Crippen LogP contribution in [0.1, 0.15) is 5.56 Å². The van der Waals surface area contributed by atoms with Crippen molar-refractivity contribution < 1.29 is 0 Å². The molecule has 0 atom stereocenters. The maximum atomic E-state index is 8.93. The number of aromatic nitrogens is 1. The van der Waals surface area contributed by atoms with Gasteiger partial charge in [-0.05, 0) is 40.2 Å². The Balaban J connectivity index is 2.64. The van der Waals surface area contributed by atoms with Crippen molar-refractivity contribution in [2.45, 2.75) is 0 Å². The lowest BCUT2D eigenvalue weighted by Crippen LogP contribution is -1.95. The van der Waals surface area contributed by atoms with Gasteiger partial charge in [-0.1, -0.05) is 12.1 Å². The fourth-order valence-corrected chi connectivity index (χ4v) is 1.80. The lowest BCUT2D eigenvalue weighted by molar-refractivity contribution is 1.04. The van der Waals surface area contributed by atoms with Crippen molar-refractivity contribution in [3.8, 4) is 11.8 Å². The van der Waals surface area contributed by atoms with Crippen LogP contribution < -0.4 is 0 Å². The molecule has 0 saturated carbocycles. The first-order chi connectivity index (χ1) is 6.83. The minimum absolute atomic E-state index is 0.671. The van der Waals surface area contributed by atoms with E-state index < -0.39 is 0 Å². The van der Waals surface area contributed by atoms with Gasteiger partial charge in [-0.3, -0.25) is 0 Å². The van der Waals surface area contributed by atoms with Gasteiger partial charge >= 0.3 is 0 Å². The first-order valence-electron chi connectivity index (χ1n) is 4.15. The molecule has 1 aromatic heterocycles. The number of benzene rings is 1. The summed E-state index contributed by atoms with van der Waals surface area (Å²) in [6.07, 6.45) is 1.92. The average Bonchev–Trinajstić information content (AvgIpc) is 2.64. The monoisotopic (exact) mass is 246 g/mol. The summed E-state index contributed by atoms with van der Waals surface area (Å²) < 4.78 is 2.87. The summed E-state index contributed by atoms with van der Waals surface area (Å²) in [6, 6.07) is 13.5. The number of hydrogen-bond donors (Lipinski definition) is 0. The van der Waals surface area contributed by atoms with Gasteiger partial charge < -0.3 is 4.57 Å². The molecule has 0 unspecified atom stereocenters. The van der Waals surface area contributed by atoms with Crippen LogP contribution in [0.25, 0.3) is 5.69 Å². The van der Waals surface area contributed by atoms with E-state index in [1.807, 2.05) is 47.2 Å². The SMILES string of the molecule is N#Cc1ccccc1-n1cccc1Br. The van der Waals surface area contributed by atoms with Crippen LogP contribution in [-0.4, -0.2) is 4.57 Å². The van der Waals surface area contributed by atoms with Crippen LogP contribution >= 0.6 is 15.9 Å². The maximum absolute atomic E-state index is 8.93. The Bertz CT molecular complexity index is 494. The van der Waals surface area contributed by atoms with Gasteiger partial charge in [-0.15, -0.1) is 0 Å². The van der Waals surface area contributed by atoms with E-state index in [1.165, 1.54) is 0 Å². The molecule has 0 amide bonds. The van der Waals surface area contributed by atoms with Crippen LogP contribution in [-0.2, 0) is 0 Å². The zero-order chi connectivity index (χ0) is 9.97. The Hall–Kier alpha value is -1.53. The molecule has 0 aliphatic rings. The second-order valence-corrected chi connectivity index (χ2v) is 3.64. The summed E-state index contributed by atoms with van der Waals surface area (Å²) in [4.78, 5) is 0. The van der Waals surface area contributed by atoms with E-state index in [9.17, 15) is 0 Å². The van der Waals surface area contributed by atoms with E-state index in [4.69, 9.17) is 5.26 Å². The second-order valence-electron chi connectivity index (χ2n) is 2.83. The Morgan fingerprint density at radius 3 is 2.57 bits per heavy atom. The Labute approximate surface area is 90.5 Å². The van der Waals surface area contributed by atoms with Gasteiger partial charge in [0, 0.05) is 6.20 Å². The van der Waals surface area contributed by atoms with Gasteiger partial charge in [0.15, 0.2) is 0 Å². The zero-order valence-corrected chi connectivity index (χ0v) is 8.90. The highest BCUT2D eigenvalue weighted by Gasteiger charge is 2.04. The number of nitrogens with zero attached hydrogens (tertiary/aromatic N) is 2. The molecule has 0 aliphatic carbocycles. The van der Waals surface area contributed by atoms with Crippen LogP contribution in [0, 0.1) is 11.3 Å². The number of rotatable bonds is 1. The molecule has 2 nitrogen and oxygen atoms in total. The third-order valence-electron chi connectivity index (χ3n) is 1.98. The molecular formula is C11H7BrN2. The van der Waals surface area contributed by atoms with Crippen molar-refractivity contribution in [1.82, 2.24) is 4.57 Å². The number of hydrogen-bond acceptors (Lipinski definition) is 1. The molecule has 14 heavy (non-hydrogen) atoms. The van der Waals surface area contributed by atoms with Gasteiger partial charge in [-0.25, -0.2) is 0 Å². The molecule has 68 valence electrons. The Kier molecular flexibility index (Phi) is 2.38. The maximum Gasteiger partial charge on any atom is 0.101 e. The van der Waals surface area contributed by atoms with E-state index in [0.29, 0.717) is 5.56 Å². The van der Waals surface area contributed by atoms with Crippen molar-refractivity contribution in [2.24, 2.45) is 0 Å². The van der Waals surface area contributed by atoms with Crippen molar-refractivity contribution in [1.29, 1.82) is 5.26 Å². The lowest BCUT2D eigenvalue weighted by atomic mass is 10.2. The van der Waals surface area contributed by atoms with E-state index in [2.05, 4.69) is 22.0 Å². The van der Waals surface area contributed by atoms with E-state index in [0.717, 1.165) is 10.3 Å². The highest BCUT2D eigenvalue weighted by Crippen LogP contribution is 2.20. The van der Waals surface area contributed by atoms with Crippen molar-refractivity contribution in [2.75, 3.05) is 0 Å². The van der Waals surface area contributed by atoms with Crippen molar-refractivity contribution in [3.63, 3.8) is 0 Å². The van der Waals surface area contributed by atoms with Crippen molar-refractivity contribution >= 4 is 15.9 Å². The molecule has 1 aromatic carbocycles. The molecule has 0 radical (unpaired) electrons. The number of halogens is 1. The number of para-hydroxylation sites is 1. The third kappa shape index (κ3) is 1.45. The molecule has 0 spiro atoms. The minimum atomic E-state index is 0.671. The predicted octanol–water partition coefficient (Wildman–Crippen LogP) is 3.11. The highest BCUT2D eigenvalue weighted by molar-refractivity contribution is 9.10. The van der Waals surface area contributed by atoms with Crippen LogP contribution in [0.15, 0.2) is 47.2 Å². The van der Waals surface area contributed by atoms with Gasteiger partial charge in [0.2, 0.25) is 0 Å². The van der Waals surface area contributed by atoms with Gasteiger partial charge in [0.05, 0.1) is 15.9 Å². The first-order valence-corrected chi connectivity index (χ1v) is 4.94. The normalized spacial score (nSPS) is 9.71. The molecular weight excluding hydrogens is 240 g/mol. The summed E-state index contributed by atoms with van der Waals surface area (Å²) in [5.74, 6) is 0. The zero-order valence-electron chi connectivity index (χ0n) is 7.31. The molecule has 1 heterocycles. The standard InChI is InChI=1S/C11H7BrN2/c12-11-6-3-7-14(11)10-5-2-1-4-9(10)8-13/h1-7H. The van der Waals surface area contributed by atoms with E-state index in [1.54, 1.807) is 0 Å². The van der Waals surface area contributed by atoms with Crippen LogP contribution in [0.4, 0.5) is 0 Å². The second kappa shape index (κ2) is 3.69. The number of nitriles is 1. The van der Waals surface area contributed by atoms with Gasteiger partial charge in [0.1, 0.15) is 6.07 Å². The molecule has 2 aromatic rings. The molecule has 2 rings (SSSR count). The van der Waals surface area contributed by atoms with Gasteiger partial charge in [-0.2, -0.15) is 5.26 Å². The molecule has 0 saturated heterocycles.